The van der Waals surface area contributed by atoms with Gasteiger partial charge >= 0.3 is 0 Å². The zero-order valence-electron chi connectivity index (χ0n) is 14.0. The molecule has 0 radical (unpaired) electrons. The lowest BCUT2D eigenvalue weighted by Gasteiger charge is -2.30. The maximum absolute atomic E-state index is 12.3. The van der Waals surface area contributed by atoms with Crippen LogP contribution < -0.4 is 5.32 Å². The molecule has 2 rings (SSSR count). The lowest BCUT2D eigenvalue weighted by atomic mass is 10.2. The van der Waals surface area contributed by atoms with E-state index in [1.807, 2.05) is 6.07 Å². The Morgan fingerprint density at radius 3 is 2.54 bits per heavy atom. The van der Waals surface area contributed by atoms with E-state index in [4.69, 9.17) is 10.00 Å². The predicted molar refractivity (Wildman–Crippen MR) is 89.3 cm³/mol. The summed E-state index contributed by atoms with van der Waals surface area (Å²) in [5.74, 6) is -0.198. The number of nitrogens with zero attached hydrogens (tertiary/aromatic N) is 3. The normalized spacial score (nSPS) is 15.7. The number of nitrogens with one attached hydrogen (secondary N) is 1. The molecule has 128 valence electrons. The fourth-order valence-corrected chi connectivity index (χ4v) is 2.34. The standard InChI is InChI=1S/C17H22N4O3/c1-13(17(23)19-15-5-3-14(11-18)4-6-15)20(2)12-16(22)21-7-9-24-10-8-21/h3-6,13H,7-10,12H2,1-2H3,(H,19,23)/t13-/m1/s1. The molecule has 2 amide bonds. The van der Waals surface area contributed by atoms with Crippen molar-refractivity contribution >= 4 is 17.5 Å². The summed E-state index contributed by atoms with van der Waals surface area (Å²) in [4.78, 5) is 28.0. The number of morpholine rings is 1. The summed E-state index contributed by atoms with van der Waals surface area (Å²) in [6, 6.07) is 8.23. The van der Waals surface area contributed by atoms with Crippen molar-refractivity contribution in [2.24, 2.45) is 0 Å². The molecule has 0 aliphatic carbocycles. The molecule has 7 heteroatoms. The van der Waals surface area contributed by atoms with E-state index in [2.05, 4.69) is 5.32 Å². The minimum atomic E-state index is -0.453. The Hall–Kier alpha value is -2.43. The van der Waals surface area contributed by atoms with Crippen LogP contribution in [0.1, 0.15) is 12.5 Å². The molecule has 7 nitrogen and oxygen atoms in total. The summed E-state index contributed by atoms with van der Waals surface area (Å²) in [5, 5.41) is 11.6. The molecular formula is C17H22N4O3. The van der Waals surface area contributed by atoms with Crippen LogP contribution in [0.2, 0.25) is 0 Å². The highest BCUT2D eigenvalue weighted by Gasteiger charge is 2.23. The Labute approximate surface area is 141 Å². The van der Waals surface area contributed by atoms with Crippen LogP contribution in [0.3, 0.4) is 0 Å². The summed E-state index contributed by atoms with van der Waals surface area (Å²) in [5.41, 5.74) is 1.16. The number of carbonyl (C=O) groups is 2. The van der Waals surface area contributed by atoms with Gasteiger partial charge in [-0.1, -0.05) is 0 Å². The van der Waals surface area contributed by atoms with Crippen LogP contribution in [-0.4, -0.2) is 67.6 Å². The number of nitriles is 1. The van der Waals surface area contributed by atoms with Gasteiger partial charge in [0.15, 0.2) is 0 Å². The van der Waals surface area contributed by atoms with Crippen molar-refractivity contribution in [3.63, 3.8) is 0 Å². The average molecular weight is 330 g/mol. The Morgan fingerprint density at radius 2 is 1.96 bits per heavy atom. The summed E-state index contributed by atoms with van der Waals surface area (Å²) in [7, 11) is 1.75. The topological polar surface area (TPSA) is 85.7 Å². The number of ether oxygens (including phenoxy) is 1. The number of rotatable bonds is 5. The first kappa shape index (κ1) is 17.9. The molecule has 1 aliphatic rings. The highest BCUT2D eigenvalue weighted by atomic mass is 16.5. The van der Waals surface area contributed by atoms with Crippen molar-refractivity contribution in [1.82, 2.24) is 9.80 Å². The minimum absolute atomic E-state index is 0.00109. The molecule has 0 bridgehead atoms. The monoisotopic (exact) mass is 330 g/mol. The lowest BCUT2D eigenvalue weighted by Crippen LogP contribution is -2.48. The van der Waals surface area contributed by atoms with Gasteiger partial charge in [0.05, 0.1) is 37.4 Å². The SMILES string of the molecule is C[C@H](C(=O)Nc1ccc(C#N)cc1)N(C)CC(=O)N1CCOCC1. The van der Waals surface area contributed by atoms with E-state index in [0.29, 0.717) is 37.6 Å². The summed E-state index contributed by atoms with van der Waals surface area (Å²) < 4.78 is 5.23. The van der Waals surface area contributed by atoms with Gasteiger partial charge in [-0.2, -0.15) is 5.26 Å². The van der Waals surface area contributed by atoms with Crippen LogP contribution in [0.15, 0.2) is 24.3 Å². The molecular weight excluding hydrogens is 308 g/mol. The first-order valence-electron chi connectivity index (χ1n) is 7.88. The number of benzene rings is 1. The van der Waals surface area contributed by atoms with Crippen LogP contribution in [0.4, 0.5) is 5.69 Å². The van der Waals surface area contributed by atoms with E-state index in [9.17, 15) is 9.59 Å². The predicted octanol–water partition coefficient (Wildman–Crippen LogP) is 0.676. The smallest absolute Gasteiger partial charge is 0.241 e. The van der Waals surface area contributed by atoms with Gasteiger partial charge in [0.2, 0.25) is 11.8 Å². The van der Waals surface area contributed by atoms with Crippen LogP contribution in [0.25, 0.3) is 0 Å². The third kappa shape index (κ3) is 4.78. The third-order valence-corrected chi connectivity index (χ3v) is 4.07. The molecule has 1 fully saturated rings. The first-order valence-corrected chi connectivity index (χ1v) is 7.88. The fraction of sp³-hybridized carbons (Fsp3) is 0.471. The van der Waals surface area contributed by atoms with Gasteiger partial charge in [-0.15, -0.1) is 0 Å². The number of anilines is 1. The molecule has 1 saturated heterocycles. The average Bonchev–Trinajstić information content (AvgIpc) is 2.62. The molecule has 1 aliphatic heterocycles. The number of hydrogen-bond donors (Lipinski definition) is 1. The third-order valence-electron chi connectivity index (χ3n) is 4.07. The van der Waals surface area contributed by atoms with E-state index < -0.39 is 6.04 Å². The zero-order chi connectivity index (χ0) is 17.5. The summed E-state index contributed by atoms with van der Waals surface area (Å²) in [6.45, 7) is 4.25. The Morgan fingerprint density at radius 1 is 1.33 bits per heavy atom. The molecule has 1 aromatic rings. The van der Waals surface area contributed by atoms with Crippen molar-refractivity contribution in [1.29, 1.82) is 5.26 Å². The van der Waals surface area contributed by atoms with E-state index in [-0.39, 0.29) is 18.4 Å². The van der Waals surface area contributed by atoms with Gasteiger partial charge in [-0.05, 0) is 38.2 Å². The Kier molecular flexibility index (Phi) is 6.29. The van der Waals surface area contributed by atoms with Crippen molar-refractivity contribution in [3.05, 3.63) is 29.8 Å². The fourth-order valence-electron chi connectivity index (χ4n) is 2.34. The molecule has 1 N–H and O–H groups in total. The molecule has 1 atom stereocenters. The molecule has 1 heterocycles. The molecule has 0 spiro atoms. The molecule has 24 heavy (non-hydrogen) atoms. The minimum Gasteiger partial charge on any atom is -0.378 e. The molecule has 0 saturated carbocycles. The Balaban J connectivity index is 1.86. The van der Waals surface area contributed by atoms with Crippen LogP contribution in [-0.2, 0) is 14.3 Å². The second kappa shape index (κ2) is 8.43. The van der Waals surface area contributed by atoms with E-state index in [0.717, 1.165) is 0 Å². The van der Waals surface area contributed by atoms with Crippen LogP contribution >= 0.6 is 0 Å². The number of carbonyl (C=O) groups excluding carboxylic acids is 2. The van der Waals surface area contributed by atoms with Gasteiger partial charge in [0, 0.05) is 18.8 Å². The first-order chi connectivity index (χ1) is 11.5. The molecule has 0 aromatic heterocycles. The maximum atomic E-state index is 12.3. The van der Waals surface area contributed by atoms with Crippen molar-refractivity contribution in [2.75, 3.05) is 45.2 Å². The van der Waals surface area contributed by atoms with Crippen LogP contribution in [0, 0.1) is 11.3 Å². The van der Waals surface area contributed by atoms with Gasteiger partial charge < -0.3 is 15.0 Å². The van der Waals surface area contributed by atoms with Gasteiger partial charge in [0.25, 0.3) is 0 Å². The molecule has 0 unspecified atom stereocenters. The summed E-state index contributed by atoms with van der Waals surface area (Å²) in [6.07, 6.45) is 0. The second-order valence-electron chi connectivity index (χ2n) is 5.76. The lowest BCUT2D eigenvalue weighted by molar-refractivity contribution is -0.137. The van der Waals surface area contributed by atoms with Crippen molar-refractivity contribution in [2.45, 2.75) is 13.0 Å². The van der Waals surface area contributed by atoms with Crippen LogP contribution in [0.5, 0.6) is 0 Å². The largest absolute Gasteiger partial charge is 0.378 e. The van der Waals surface area contributed by atoms with Crippen molar-refractivity contribution < 1.29 is 14.3 Å². The van der Waals surface area contributed by atoms with Gasteiger partial charge in [-0.25, -0.2) is 0 Å². The quantitative estimate of drug-likeness (QED) is 0.858. The number of amides is 2. The maximum Gasteiger partial charge on any atom is 0.241 e. The molecule has 1 aromatic carbocycles. The number of likely N-dealkylation sites (N-methyl/N-ethyl adjacent to an activating group) is 1. The second-order valence-corrected chi connectivity index (χ2v) is 5.76. The zero-order valence-corrected chi connectivity index (χ0v) is 14.0. The van der Waals surface area contributed by atoms with E-state index in [1.165, 1.54) is 0 Å². The summed E-state index contributed by atoms with van der Waals surface area (Å²) >= 11 is 0. The van der Waals surface area contributed by atoms with Crippen molar-refractivity contribution in [3.8, 4) is 6.07 Å². The van der Waals surface area contributed by atoms with Gasteiger partial charge in [0.1, 0.15) is 0 Å². The Bertz CT molecular complexity index is 618. The highest BCUT2D eigenvalue weighted by Crippen LogP contribution is 2.10. The number of hydrogen-bond acceptors (Lipinski definition) is 5. The van der Waals surface area contributed by atoms with E-state index >= 15 is 0 Å². The highest BCUT2D eigenvalue weighted by molar-refractivity contribution is 5.95. The van der Waals surface area contributed by atoms with Gasteiger partial charge in [-0.3, -0.25) is 14.5 Å². The van der Waals surface area contributed by atoms with E-state index in [1.54, 1.807) is 48.0 Å².